The van der Waals surface area contributed by atoms with Crippen LogP contribution in [0.5, 0.6) is 11.5 Å². The molecule has 0 amide bonds. The van der Waals surface area contributed by atoms with Crippen LogP contribution in [-0.2, 0) is 19.4 Å². The van der Waals surface area contributed by atoms with Gasteiger partial charge in [0.15, 0.2) is 0 Å². The molecule has 0 spiro atoms. The van der Waals surface area contributed by atoms with Gasteiger partial charge in [-0.2, -0.15) is 0 Å². The maximum atomic E-state index is 13.5. The zero-order chi connectivity index (χ0) is 20.3. The molecule has 0 radical (unpaired) electrons. The Balaban J connectivity index is 2.10. The Kier molecular flexibility index (Phi) is 5.78. The molecule has 146 valence electrons. The van der Waals surface area contributed by atoms with Crippen LogP contribution in [0.3, 0.4) is 0 Å². The van der Waals surface area contributed by atoms with Gasteiger partial charge in [-0.3, -0.25) is 9.36 Å². The average molecular weight is 382 g/mol. The summed E-state index contributed by atoms with van der Waals surface area (Å²) in [6, 6.07) is 11.2. The summed E-state index contributed by atoms with van der Waals surface area (Å²) >= 11 is 0. The standard InChI is InChI=1S/C22H23FN2O3/c1-4-18-14(2)24-21(19-9-8-17(28-3)13-20(19)26)25(22(18)27)11-10-15-6-5-7-16(23)12-15/h5-9,12-13,26H,4,10-11H2,1-3H3. The number of aryl methyl sites for hydroxylation is 2. The monoisotopic (exact) mass is 382 g/mol. The summed E-state index contributed by atoms with van der Waals surface area (Å²) < 4.78 is 20.2. The number of hydrogen-bond acceptors (Lipinski definition) is 4. The Bertz CT molecular complexity index is 1060. The fraction of sp³-hybridized carbons (Fsp3) is 0.273. The van der Waals surface area contributed by atoms with Gasteiger partial charge in [-0.05, 0) is 49.6 Å². The number of nitrogens with zero attached hydrogens (tertiary/aromatic N) is 2. The molecule has 5 nitrogen and oxygen atoms in total. The van der Waals surface area contributed by atoms with Crippen molar-refractivity contribution in [3.05, 3.63) is 75.5 Å². The van der Waals surface area contributed by atoms with Crippen LogP contribution in [-0.4, -0.2) is 21.8 Å². The van der Waals surface area contributed by atoms with E-state index in [1.807, 2.05) is 13.0 Å². The predicted molar refractivity (Wildman–Crippen MR) is 106 cm³/mol. The van der Waals surface area contributed by atoms with Gasteiger partial charge < -0.3 is 9.84 Å². The number of phenolic OH excluding ortho intramolecular Hbond substituents is 1. The predicted octanol–water partition coefficient (Wildman–Crippen LogP) is 3.88. The van der Waals surface area contributed by atoms with Gasteiger partial charge in [0.25, 0.3) is 5.56 Å². The zero-order valence-corrected chi connectivity index (χ0v) is 16.2. The van der Waals surface area contributed by atoms with Crippen molar-refractivity contribution in [1.82, 2.24) is 9.55 Å². The first kappa shape index (κ1) is 19.6. The third-order valence-electron chi connectivity index (χ3n) is 4.78. The molecule has 3 aromatic rings. The van der Waals surface area contributed by atoms with Crippen molar-refractivity contribution in [3.8, 4) is 22.9 Å². The van der Waals surface area contributed by atoms with Crippen LogP contribution in [0.15, 0.2) is 47.3 Å². The van der Waals surface area contributed by atoms with E-state index in [-0.39, 0.29) is 17.1 Å². The molecule has 0 bridgehead atoms. The van der Waals surface area contributed by atoms with E-state index in [4.69, 9.17) is 4.74 Å². The van der Waals surface area contributed by atoms with Crippen LogP contribution in [0.4, 0.5) is 4.39 Å². The van der Waals surface area contributed by atoms with E-state index in [1.165, 1.54) is 25.3 Å². The second-order valence-corrected chi connectivity index (χ2v) is 6.57. The van der Waals surface area contributed by atoms with E-state index in [2.05, 4.69) is 4.98 Å². The van der Waals surface area contributed by atoms with Gasteiger partial charge in [0.2, 0.25) is 0 Å². The van der Waals surface area contributed by atoms with Gasteiger partial charge in [0, 0.05) is 23.9 Å². The highest BCUT2D eigenvalue weighted by atomic mass is 19.1. The quantitative estimate of drug-likeness (QED) is 0.703. The summed E-state index contributed by atoms with van der Waals surface area (Å²) in [7, 11) is 1.52. The summed E-state index contributed by atoms with van der Waals surface area (Å²) in [5.41, 5.74) is 2.37. The van der Waals surface area contributed by atoms with Crippen molar-refractivity contribution in [1.29, 1.82) is 0 Å². The van der Waals surface area contributed by atoms with Crippen molar-refractivity contribution in [2.24, 2.45) is 0 Å². The van der Waals surface area contributed by atoms with E-state index in [1.54, 1.807) is 29.7 Å². The van der Waals surface area contributed by atoms with Gasteiger partial charge in [0.1, 0.15) is 23.1 Å². The van der Waals surface area contributed by atoms with Gasteiger partial charge in [0.05, 0.1) is 12.7 Å². The smallest absolute Gasteiger partial charge is 0.257 e. The SMILES string of the molecule is CCc1c(C)nc(-c2ccc(OC)cc2O)n(CCc2cccc(F)c2)c1=O. The number of rotatable bonds is 6. The Hall–Kier alpha value is -3.15. The minimum absolute atomic E-state index is 0.0191. The van der Waals surface area contributed by atoms with E-state index in [0.717, 1.165) is 5.56 Å². The van der Waals surface area contributed by atoms with Crippen molar-refractivity contribution in [3.63, 3.8) is 0 Å². The molecule has 0 fully saturated rings. The number of aromatic nitrogens is 2. The summed E-state index contributed by atoms with van der Waals surface area (Å²) in [4.78, 5) is 17.7. The van der Waals surface area contributed by atoms with Gasteiger partial charge >= 0.3 is 0 Å². The number of phenols is 1. The molecular weight excluding hydrogens is 359 g/mol. The third kappa shape index (κ3) is 3.91. The Morgan fingerprint density at radius 2 is 2.00 bits per heavy atom. The lowest BCUT2D eigenvalue weighted by molar-refractivity contribution is 0.408. The lowest BCUT2D eigenvalue weighted by atomic mass is 10.1. The fourth-order valence-electron chi connectivity index (χ4n) is 3.28. The molecule has 28 heavy (non-hydrogen) atoms. The highest BCUT2D eigenvalue weighted by molar-refractivity contribution is 5.66. The van der Waals surface area contributed by atoms with Crippen LogP contribution in [0.1, 0.15) is 23.7 Å². The number of halogens is 1. The van der Waals surface area contributed by atoms with E-state index in [9.17, 15) is 14.3 Å². The fourth-order valence-corrected chi connectivity index (χ4v) is 3.28. The minimum Gasteiger partial charge on any atom is -0.507 e. The van der Waals surface area contributed by atoms with E-state index in [0.29, 0.717) is 47.8 Å². The lowest BCUT2D eigenvalue weighted by Crippen LogP contribution is -2.28. The molecule has 0 saturated heterocycles. The topological polar surface area (TPSA) is 64.3 Å². The minimum atomic E-state index is -0.311. The Morgan fingerprint density at radius 3 is 2.64 bits per heavy atom. The normalized spacial score (nSPS) is 10.9. The maximum Gasteiger partial charge on any atom is 0.257 e. The molecule has 0 unspecified atom stereocenters. The summed E-state index contributed by atoms with van der Waals surface area (Å²) in [5, 5.41) is 10.4. The zero-order valence-electron chi connectivity index (χ0n) is 16.2. The largest absolute Gasteiger partial charge is 0.507 e. The second-order valence-electron chi connectivity index (χ2n) is 6.57. The number of ether oxygens (including phenoxy) is 1. The summed E-state index contributed by atoms with van der Waals surface area (Å²) in [6.45, 7) is 4.03. The van der Waals surface area contributed by atoms with Crippen molar-refractivity contribution >= 4 is 0 Å². The second kappa shape index (κ2) is 8.25. The summed E-state index contributed by atoms with van der Waals surface area (Å²) in [6.07, 6.45) is 1.03. The molecule has 0 aliphatic heterocycles. The van der Waals surface area contributed by atoms with Crippen LogP contribution in [0, 0.1) is 12.7 Å². The number of benzene rings is 2. The van der Waals surface area contributed by atoms with Gasteiger partial charge in [-0.15, -0.1) is 0 Å². The molecule has 0 atom stereocenters. The van der Waals surface area contributed by atoms with E-state index < -0.39 is 0 Å². The molecule has 0 aliphatic carbocycles. The Morgan fingerprint density at radius 1 is 1.21 bits per heavy atom. The first-order valence-electron chi connectivity index (χ1n) is 9.16. The van der Waals surface area contributed by atoms with Crippen LogP contribution in [0.25, 0.3) is 11.4 Å². The highest BCUT2D eigenvalue weighted by Gasteiger charge is 2.17. The molecule has 1 aromatic heterocycles. The molecular formula is C22H23FN2O3. The molecule has 1 N–H and O–H groups in total. The van der Waals surface area contributed by atoms with E-state index >= 15 is 0 Å². The first-order valence-corrected chi connectivity index (χ1v) is 9.16. The molecule has 0 aliphatic rings. The number of methoxy groups -OCH3 is 1. The van der Waals surface area contributed by atoms with Crippen LogP contribution >= 0.6 is 0 Å². The van der Waals surface area contributed by atoms with Crippen LogP contribution in [0.2, 0.25) is 0 Å². The van der Waals surface area contributed by atoms with Crippen molar-refractivity contribution in [2.45, 2.75) is 33.2 Å². The lowest BCUT2D eigenvalue weighted by Gasteiger charge is -2.17. The molecule has 3 rings (SSSR count). The van der Waals surface area contributed by atoms with Gasteiger partial charge in [-0.25, -0.2) is 9.37 Å². The average Bonchev–Trinajstić information content (AvgIpc) is 2.67. The third-order valence-corrected chi connectivity index (χ3v) is 4.78. The molecule has 2 aromatic carbocycles. The highest BCUT2D eigenvalue weighted by Crippen LogP contribution is 2.31. The van der Waals surface area contributed by atoms with Gasteiger partial charge in [-0.1, -0.05) is 19.1 Å². The molecule has 6 heteroatoms. The maximum absolute atomic E-state index is 13.5. The van der Waals surface area contributed by atoms with Crippen LogP contribution < -0.4 is 10.3 Å². The van der Waals surface area contributed by atoms with Crippen molar-refractivity contribution in [2.75, 3.05) is 7.11 Å². The molecule has 1 heterocycles. The van der Waals surface area contributed by atoms with Crippen molar-refractivity contribution < 1.29 is 14.2 Å². The first-order chi connectivity index (χ1) is 13.4. The Labute approximate surface area is 163 Å². The summed E-state index contributed by atoms with van der Waals surface area (Å²) in [5.74, 6) is 0.566. The number of hydrogen-bond donors (Lipinski definition) is 1. The molecule has 0 saturated carbocycles. The number of aromatic hydroxyl groups is 1.